The molecule has 1 aliphatic heterocycles. The molecule has 1 aliphatic rings. The number of amides is 2. The molecule has 2 amide bonds. The lowest BCUT2D eigenvalue weighted by Crippen LogP contribution is -2.37. The third-order valence-electron chi connectivity index (χ3n) is 4.38. The lowest BCUT2D eigenvalue weighted by atomic mass is 10.2. The summed E-state index contributed by atoms with van der Waals surface area (Å²) in [4.78, 5) is 28.7. The van der Waals surface area contributed by atoms with E-state index in [1.165, 1.54) is 6.26 Å². The van der Waals surface area contributed by atoms with Crippen molar-refractivity contribution in [2.24, 2.45) is 0 Å². The lowest BCUT2D eigenvalue weighted by Gasteiger charge is -2.21. The number of carbonyl (C=O) groups excluding carboxylic acids is 2. The van der Waals surface area contributed by atoms with Gasteiger partial charge in [-0.25, -0.2) is 0 Å². The Morgan fingerprint density at radius 1 is 1.00 bits per heavy atom. The van der Waals surface area contributed by atoms with E-state index in [9.17, 15) is 9.59 Å². The minimum absolute atomic E-state index is 0.0145. The Balaban J connectivity index is 1.59. The van der Waals surface area contributed by atoms with E-state index in [0.717, 1.165) is 18.6 Å². The highest BCUT2D eigenvalue weighted by molar-refractivity contribution is 5.94. The molecule has 6 heteroatoms. The largest absolute Gasteiger partial charge is 0.494 e. The first-order chi connectivity index (χ1) is 12.7. The van der Waals surface area contributed by atoms with Crippen LogP contribution >= 0.6 is 0 Å². The maximum absolute atomic E-state index is 12.7. The predicted octanol–water partition coefficient (Wildman–Crippen LogP) is 3.06. The smallest absolute Gasteiger partial charge is 0.289 e. The molecule has 2 heterocycles. The maximum Gasteiger partial charge on any atom is 0.289 e. The molecule has 0 bridgehead atoms. The summed E-state index contributed by atoms with van der Waals surface area (Å²) in [6.45, 7) is 4.99. The van der Waals surface area contributed by atoms with Crippen molar-refractivity contribution in [3.63, 3.8) is 0 Å². The molecule has 0 unspecified atom stereocenters. The van der Waals surface area contributed by atoms with E-state index < -0.39 is 0 Å². The SMILES string of the molecule is CCCOc1ccc(C(=O)N2CCCN(C(=O)c3ccco3)CC2)cc1. The molecule has 1 saturated heterocycles. The van der Waals surface area contributed by atoms with E-state index in [-0.39, 0.29) is 11.8 Å². The Morgan fingerprint density at radius 3 is 2.31 bits per heavy atom. The van der Waals surface area contributed by atoms with Crippen molar-refractivity contribution >= 4 is 11.8 Å². The summed E-state index contributed by atoms with van der Waals surface area (Å²) >= 11 is 0. The van der Waals surface area contributed by atoms with Crippen LogP contribution in [0, 0.1) is 0 Å². The van der Waals surface area contributed by atoms with Gasteiger partial charge in [-0.15, -0.1) is 0 Å². The van der Waals surface area contributed by atoms with Crippen molar-refractivity contribution in [2.75, 3.05) is 32.8 Å². The molecular weight excluding hydrogens is 332 g/mol. The maximum atomic E-state index is 12.7. The van der Waals surface area contributed by atoms with Gasteiger partial charge in [0.1, 0.15) is 5.75 Å². The average molecular weight is 356 g/mol. The van der Waals surface area contributed by atoms with Crippen LogP contribution in [-0.4, -0.2) is 54.4 Å². The van der Waals surface area contributed by atoms with Crippen LogP contribution in [0.2, 0.25) is 0 Å². The summed E-state index contributed by atoms with van der Waals surface area (Å²) < 4.78 is 10.7. The molecule has 6 nitrogen and oxygen atoms in total. The normalized spacial score (nSPS) is 14.8. The number of hydrogen-bond donors (Lipinski definition) is 0. The molecule has 0 spiro atoms. The lowest BCUT2D eigenvalue weighted by molar-refractivity contribution is 0.0700. The molecule has 0 aliphatic carbocycles. The first kappa shape index (κ1) is 18.0. The number of carbonyl (C=O) groups is 2. The van der Waals surface area contributed by atoms with Gasteiger partial charge < -0.3 is 19.0 Å². The van der Waals surface area contributed by atoms with Gasteiger partial charge in [-0.3, -0.25) is 9.59 Å². The standard InChI is InChI=1S/C20H24N2O4/c1-2-14-25-17-8-6-16(7-9-17)19(23)21-10-4-11-22(13-12-21)20(24)18-5-3-15-26-18/h3,5-9,15H,2,4,10-14H2,1H3. The van der Waals surface area contributed by atoms with Crippen LogP contribution in [0.3, 0.4) is 0 Å². The second-order valence-electron chi connectivity index (χ2n) is 6.29. The zero-order valence-electron chi connectivity index (χ0n) is 15.0. The molecule has 1 aromatic heterocycles. The van der Waals surface area contributed by atoms with Crippen molar-refractivity contribution < 1.29 is 18.7 Å². The van der Waals surface area contributed by atoms with Gasteiger partial charge in [0.25, 0.3) is 11.8 Å². The van der Waals surface area contributed by atoms with Crippen LogP contribution in [0.4, 0.5) is 0 Å². The molecule has 2 aromatic rings. The van der Waals surface area contributed by atoms with E-state index in [0.29, 0.717) is 44.1 Å². The number of rotatable bonds is 5. The van der Waals surface area contributed by atoms with Crippen molar-refractivity contribution in [3.05, 3.63) is 54.0 Å². The highest BCUT2D eigenvalue weighted by Gasteiger charge is 2.24. The quantitative estimate of drug-likeness (QED) is 0.826. The summed E-state index contributed by atoms with van der Waals surface area (Å²) in [5.41, 5.74) is 0.639. The van der Waals surface area contributed by atoms with Gasteiger partial charge >= 0.3 is 0 Å². The minimum atomic E-state index is -0.123. The Kier molecular flexibility index (Phi) is 5.94. The van der Waals surface area contributed by atoms with Crippen molar-refractivity contribution in [1.29, 1.82) is 0 Å². The van der Waals surface area contributed by atoms with E-state index in [2.05, 4.69) is 6.92 Å². The predicted molar refractivity (Wildman–Crippen MR) is 97.4 cm³/mol. The van der Waals surface area contributed by atoms with Gasteiger partial charge in [-0.2, -0.15) is 0 Å². The number of ether oxygens (including phenoxy) is 1. The molecule has 1 fully saturated rings. The zero-order valence-corrected chi connectivity index (χ0v) is 15.0. The van der Waals surface area contributed by atoms with Crippen LogP contribution in [0.5, 0.6) is 5.75 Å². The highest BCUT2D eigenvalue weighted by atomic mass is 16.5. The Hall–Kier alpha value is -2.76. The Bertz CT molecular complexity index is 725. The molecule has 138 valence electrons. The molecule has 26 heavy (non-hydrogen) atoms. The summed E-state index contributed by atoms with van der Waals surface area (Å²) in [6.07, 6.45) is 3.19. The highest BCUT2D eigenvalue weighted by Crippen LogP contribution is 2.16. The van der Waals surface area contributed by atoms with Crippen LogP contribution in [0.1, 0.15) is 40.7 Å². The summed E-state index contributed by atoms with van der Waals surface area (Å²) in [5.74, 6) is 0.975. The van der Waals surface area contributed by atoms with E-state index in [1.807, 2.05) is 12.1 Å². The monoisotopic (exact) mass is 356 g/mol. The van der Waals surface area contributed by atoms with Gasteiger partial charge in [0, 0.05) is 31.7 Å². The van der Waals surface area contributed by atoms with Gasteiger partial charge in [0.15, 0.2) is 5.76 Å². The van der Waals surface area contributed by atoms with Crippen LogP contribution in [0.25, 0.3) is 0 Å². The summed E-state index contributed by atoms with van der Waals surface area (Å²) in [7, 11) is 0. The molecule has 1 aromatic carbocycles. The third-order valence-corrected chi connectivity index (χ3v) is 4.38. The Morgan fingerprint density at radius 2 is 1.69 bits per heavy atom. The van der Waals surface area contributed by atoms with Gasteiger partial charge in [-0.05, 0) is 49.2 Å². The molecule has 0 atom stereocenters. The fourth-order valence-electron chi connectivity index (χ4n) is 2.98. The summed E-state index contributed by atoms with van der Waals surface area (Å²) in [6, 6.07) is 10.6. The molecule has 0 N–H and O–H groups in total. The van der Waals surface area contributed by atoms with Gasteiger partial charge in [0.05, 0.1) is 12.9 Å². The van der Waals surface area contributed by atoms with E-state index >= 15 is 0 Å². The van der Waals surface area contributed by atoms with Crippen LogP contribution in [-0.2, 0) is 0 Å². The first-order valence-electron chi connectivity index (χ1n) is 9.04. The zero-order chi connectivity index (χ0) is 18.4. The number of nitrogens with zero attached hydrogens (tertiary/aromatic N) is 2. The van der Waals surface area contributed by atoms with E-state index in [1.54, 1.807) is 34.1 Å². The number of benzene rings is 1. The van der Waals surface area contributed by atoms with Crippen molar-refractivity contribution in [2.45, 2.75) is 19.8 Å². The number of hydrogen-bond acceptors (Lipinski definition) is 4. The fourth-order valence-corrected chi connectivity index (χ4v) is 2.98. The third kappa shape index (κ3) is 4.25. The molecular formula is C20H24N2O4. The second-order valence-corrected chi connectivity index (χ2v) is 6.29. The van der Waals surface area contributed by atoms with Crippen LogP contribution < -0.4 is 4.74 Å². The molecule has 0 saturated carbocycles. The molecule has 0 radical (unpaired) electrons. The first-order valence-corrected chi connectivity index (χ1v) is 9.04. The van der Waals surface area contributed by atoms with E-state index in [4.69, 9.17) is 9.15 Å². The van der Waals surface area contributed by atoms with Crippen molar-refractivity contribution in [3.8, 4) is 5.75 Å². The number of furan rings is 1. The van der Waals surface area contributed by atoms with Crippen molar-refractivity contribution in [1.82, 2.24) is 9.80 Å². The Labute approximate surface area is 153 Å². The summed E-state index contributed by atoms with van der Waals surface area (Å²) in [5, 5.41) is 0. The average Bonchev–Trinajstić information content (AvgIpc) is 3.10. The fraction of sp³-hybridized carbons (Fsp3) is 0.400. The minimum Gasteiger partial charge on any atom is -0.494 e. The second kappa shape index (κ2) is 8.56. The van der Waals surface area contributed by atoms with Crippen LogP contribution in [0.15, 0.2) is 47.1 Å². The molecule has 3 rings (SSSR count). The van der Waals surface area contributed by atoms with Gasteiger partial charge in [0.2, 0.25) is 0 Å². The topological polar surface area (TPSA) is 63.0 Å². The van der Waals surface area contributed by atoms with Gasteiger partial charge in [-0.1, -0.05) is 6.92 Å².